The minimum Gasteiger partial charge on any atom is -0.319 e. The fourth-order valence-electron chi connectivity index (χ4n) is 2.17. The Morgan fingerprint density at radius 1 is 1.12 bits per heavy atom. The quantitative estimate of drug-likeness (QED) is 0.779. The van der Waals surface area contributed by atoms with Crippen molar-refractivity contribution in [2.45, 2.75) is 32.2 Å². The molecule has 1 aliphatic rings. The molecule has 0 bridgehead atoms. The van der Waals surface area contributed by atoms with Crippen LogP contribution in [0.4, 0.5) is 4.79 Å². The van der Waals surface area contributed by atoms with Crippen LogP contribution in [0.15, 0.2) is 24.3 Å². The fourth-order valence-corrected chi connectivity index (χ4v) is 2.17. The highest BCUT2D eigenvalue weighted by Gasteiger charge is 2.45. The van der Waals surface area contributed by atoms with Gasteiger partial charge in [-0.25, -0.2) is 4.79 Å². The van der Waals surface area contributed by atoms with Gasteiger partial charge in [-0.2, -0.15) is 0 Å². The lowest BCUT2D eigenvalue weighted by molar-refractivity contribution is -0.124. The average molecular weight is 232 g/mol. The van der Waals surface area contributed by atoms with E-state index in [0.717, 1.165) is 12.0 Å². The molecule has 0 unspecified atom stereocenters. The molecule has 3 amide bonds. The molecule has 2 rings (SSSR count). The Bertz CT molecular complexity index is 453. The SMILES string of the molecule is CCc1ccc([C@]2(CC)NC(=O)NC2=O)cc1. The summed E-state index contributed by atoms with van der Waals surface area (Å²) >= 11 is 0. The molecule has 1 fully saturated rings. The second kappa shape index (κ2) is 4.20. The zero-order valence-corrected chi connectivity index (χ0v) is 10.0. The van der Waals surface area contributed by atoms with Crippen molar-refractivity contribution in [2.75, 3.05) is 0 Å². The molecule has 4 nitrogen and oxygen atoms in total. The van der Waals surface area contributed by atoms with Gasteiger partial charge in [-0.15, -0.1) is 0 Å². The van der Waals surface area contributed by atoms with E-state index < -0.39 is 11.6 Å². The second-order valence-electron chi connectivity index (χ2n) is 4.22. The van der Waals surface area contributed by atoms with Crippen molar-refractivity contribution >= 4 is 11.9 Å². The summed E-state index contributed by atoms with van der Waals surface area (Å²) in [4.78, 5) is 23.2. The molecule has 1 atom stereocenters. The molecule has 1 aromatic rings. The van der Waals surface area contributed by atoms with Gasteiger partial charge in [0.1, 0.15) is 5.54 Å². The van der Waals surface area contributed by atoms with Gasteiger partial charge in [0.05, 0.1) is 0 Å². The van der Waals surface area contributed by atoms with Crippen LogP contribution in [0.1, 0.15) is 31.4 Å². The van der Waals surface area contributed by atoms with Crippen LogP contribution in [0, 0.1) is 0 Å². The Kier molecular flexibility index (Phi) is 2.88. The van der Waals surface area contributed by atoms with Gasteiger partial charge in [-0.1, -0.05) is 38.1 Å². The number of nitrogens with one attached hydrogen (secondary N) is 2. The average Bonchev–Trinajstić information content (AvgIpc) is 2.65. The number of hydrogen-bond donors (Lipinski definition) is 2. The molecule has 1 heterocycles. The zero-order chi connectivity index (χ0) is 12.5. The molecule has 0 spiro atoms. The molecule has 1 aromatic carbocycles. The number of hydrogen-bond acceptors (Lipinski definition) is 2. The van der Waals surface area contributed by atoms with Crippen molar-refractivity contribution in [3.63, 3.8) is 0 Å². The first-order valence-electron chi connectivity index (χ1n) is 5.85. The van der Waals surface area contributed by atoms with Gasteiger partial charge in [-0.05, 0) is 24.0 Å². The maximum Gasteiger partial charge on any atom is 0.322 e. The summed E-state index contributed by atoms with van der Waals surface area (Å²) in [7, 11) is 0. The summed E-state index contributed by atoms with van der Waals surface area (Å²) in [6, 6.07) is 7.38. The van der Waals surface area contributed by atoms with Gasteiger partial charge in [0, 0.05) is 0 Å². The van der Waals surface area contributed by atoms with E-state index in [0.29, 0.717) is 6.42 Å². The maximum atomic E-state index is 11.9. The predicted molar refractivity (Wildman–Crippen MR) is 64.5 cm³/mol. The number of amides is 3. The molecular formula is C13H16N2O2. The Morgan fingerprint density at radius 2 is 1.76 bits per heavy atom. The largest absolute Gasteiger partial charge is 0.322 e. The predicted octanol–water partition coefficient (Wildman–Crippen LogP) is 1.69. The fraction of sp³-hybridized carbons (Fsp3) is 0.385. The maximum absolute atomic E-state index is 11.9. The molecule has 0 aliphatic carbocycles. The van der Waals surface area contributed by atoms with Crippen LogP contribution in [0.3, 0.4) is 0 Å². The highest BCUT2D eigenvalue weighted by atomic mass is 16.2. The lowest BCUT2D eigenvalue weighted by atomic mass is 9.87. The van der Waals surface area contributed by atoms with Crippen molar-refractivity contribution in [2.24, 2.45) is 0 Å². The first-order valence-corrected chi connectivity index (χ1v) is 5.85. The van der Waals surface area contributed by atoms with Crippen LogP contribution in [0.5, 0.6) is 0 Å². The molecule has 1 aliphatic heterocycles. The minimum atomic E-state index is -0.899. The number of urea groups is 1. The van der Waals surface area contributed by atoms with Crippen LogP contribution >= 0.6 is 0 Å². The smallest absolute Gasteiger partial charge is 0.319 e. The standard InChI is InChI=1S/C13H16N2O2/c1-3-9-5-7-10(8-6-9)13(4-2)11(16)14-12(17)15-13/h5-8H,3-4H2,1-2H3,(H2,14,15,16,17)/t13-/m0/s1. The van der Waals surface area contributed by atoms with Gasteiger partial charge >= 0.3 is 6.03 Å². The third-order valence-corrected chi connectivity index (χ3v) is 3.33. The Hall–Kier alpha value is -1.84. The highest BCUT2D eigenvalue weighted by molar-refractivity contribution is 6.07. The van der Waals surface area contributed by atoms with E-state index in [1.54, 1.807) is 0 Å². The van der Waals surface area contributed by atoms with E-state index in [9.17, 15) is 9.59 Å². The van der Waals surface area contributed by atoms with E-state index in [4.69, 9.17) is 0 Å². The zero-order valence-electron chi connectivity index (χ0n) is 10.0. The third-order valence-electron chi connectivity index (χ3n) is 3.33. The van der Waals surface area contributed by atoms with Gasteiger partial charge in [0.15, 0.2) is 0 Å². The minimum absolute atomic E-state index is 0.269. The summed E-state index contributed by atoms with van der Waals surface area (Å²) < 4.78 is 0. The summed E-state index contributed by atoms with van der Waals surface area (Å²) in [6.45, 7) is 3.97. The summed E-state index contributed by atoms with van der Waals surface area (Å²) in [6.07, 6.45) is 1.49. The summed E-state index contributed by atoms with van der Waals surface area (Å²) in [5, 5.41) is 5.02. The molecule has 0 radical (unpaired) electrons. The van der Waals surface area contributed by atoms with Crippen LogP contribution in [0.25, 0.3) is 0 Å². The molecule has 17 heavy (non-hydrogen) atoms. The number of benzene rings is 1. The Labute approximate surface area is 100 Å². The van der Waals surface area contributed by atoms with E-state index in [-0.39, 0.29) is 5.91 Å². The lowest BCUT2D eigenvalue weighted by Crippen LogP contribution is -2.43. The Balaban J connectivity index is 2.41. The molecule has 0 aromatic heterocycles. The molecule has 90 valence electrons. The van der Waals surface area contributed by atoms with Crippen LogP contribution in [-0.2, 0) is 16.8 Å². The van der Waals surface area contributed by atoms with Crippen molar-refractivity contribution < 1.29 is 9.59 Å². The first-order chi connectivity index (χ1) is 8.12. The topological polar surface area (TPSA) is 58.2 Å². The second-order valence-corrected chi connectivity index (χ2v) is 4.22. The number of rotatable bonds is 3. The molecule has 4 heteroatoms. The van der Waals surface area contributed by atoms with E-state index in [2.05, 4.69) is 17.6 Å². The number of aryl methyl sites for hydroxylation is 1. The molecular weight excluding hydrogens is 216 g/mol. The van der Waals surface area contributed by atoms with E-state index >= 15 is 0 Å². The van der Waals surface area contributed by atoms with Crippen molar-refractivity contribution in [3.05, 3.63) is 35.4 Å². The van der Waals surface area contributed by atoms with Crippen LogP contribution < -0.4 is 10.6 Å². The Morgan fingerprint density at radius 3 is 2.18 bits per heavy atom. The number of carbonyl (C=O) groups is 2. The molecule has 2 N–H and O–H groups in total. The monoisotopic (exact) mass is 232 g/mol. The van der Waals surface area contributed by atoms with Crippen LogP contribution in [-0.4, -0.2) is 11.9 Å². The van der Waals surface area contributed by atoms with E-state index in [1.807, 2.05) is 31.2 Å². The highest BCUT2D eigenvalue weighted by Crippen LogP contribution is 2.28. The third kappa shape index (κ3) is 1.79. The van der Waals surface area contributed by atoms with Crippen molar-refractivity contribution in [1.82, 2.24) is 10.6 Å². The summed E-state index contributed by atoms with van der Waals surface area (Å²) in [5.41, 5.74) is 1.15. The first kappa shape index (κ1) is 11.6. The normalized spacial score (nSPS) is 23.4. The summed E-state index contributed by atoms with van der Waals surface area (Å²) in [5.74, 6) is -0.269. The van der Waals surface area contributed by atoms with Gasteiger partial charge in [-0.3, -0.25) is 10.1 Å². The van der Waals surface area contributed by atoms with Gasteiger partial charge < -0.3 is 5.32 Å². The number of carbonyl (C=O) groups excluding carboxylic acids is 2. The molecule has 0 saturated carbocycles. The molecule has 1 saturated heterocycles. The van der Waals surface area contributed by atoms with Crippen molar-refractivity contribution in [1.29, 1.82) is 0 Å². The van der Waals surface area contributed by atoms with Gasteiger partial charge in [0.25, 0.3) is 5.91 Å². The van der Waals surface area contributed by atoms with Crippen molar-refractivity contribution in [3.8, 4) is 0 Å². The number of imide groups is 1. The van der Waals surface area contributed by atoms with Crippen LogP contribution in [0.2, 0.25) is 0 Å². The van der Waals surface area contributed by atoms with E-state index in [1.165, 1.54) is 5.56 Å². The van der Waals surface area contributed by atoms with Gasteiger partial charge in [0.2, 0.25) is 0 Å². The lowest BCUT2D eigenvalue weighted by Gasteiger charge is -2.25.